The highest BCUT2D eigenvalue weighted by Crippen LogP contribution is 2.45. The number of benzene rings is 1. The van der Waals surface area contributed by atoms with Crippen LogP contribution in [0.5, 0.6) is 0 Å². The number of hydrogen-bond donors (Lipinski definition) is 3. The van der Waals surface area contributed by atoms with Crippen LogP contribution in [0.15, 0.2) is 43.0 Å². The van der Waals surface area contributed by atoms with Crippen molar-refractivity contribution < 1.29 is 9.90 Å². The molecule has 0 radical (unpaired) electrons. The highest BCUT2D eigenvalue weighted by molar-refractivity contribution is 5.74. The SMILES string of the molecule is C=CCNC(=O)NCC(O)(c1ccccc1)C1CC1. The van der Waals surface area contributed by atoms with Crippen LogP contribution in [0, 0.1) is 5.92 Å². The van der Waals surface area contributed by atoms with Crippen molar-refractivity contribution in [2.24, 2.45) is 5.92 Å². The number of carbonyl (C=O) groups excluding carboxylic acids is 1. The van der Waals surface area contributed by atoms with E-state index >= 15 is 0 Å². The van der Waals surface area contributed by atoms with Crippen LogP contribution in [0.4, 0.5) is 4.79 Å². The fourth-order valence-electron chi connectivity index (χ4n) is 2.21. The van der Waals surface area contributed by atoms with Crippen LogP contribution in [-0.4, -0.2) is 24.2 Å². The van der Waals surface area contributed by atoms with Crippen molar-refractivity contribution >= 4 is 6.03 Å². The third kappa shape index (κ3) is 3.35. The summed E-state index contributed by atoms with van der Waals surface area (Å²) >= 11 is 0. The van der Waals surface area contributed by atoms with Gasteiger partial charge in [0.1, 0.15) is 5.60 Å². The molecule has 1 atom stereocenters. The average molecular weight is 260 g/mol. The summed E-state index contributed by atoms with van der Waals surface area (Å²) in [6.45, 7) is 4.18. The molecule has 1 unspecified atom stereocenters. The second-order valence-corrected chi connectivity index (χ2v) is 4.92. The monoisotopic (exact) mass is 260 g/mol. The minimum absolute atomic E-state index is 0.227. The van der Waals surface area contributed by atoms with Gasteiger partial charge >= 0.3 is 6.03 Å². The Kier molecular flexibility index (Phi) is 4.22. The smallest absolute Gasteiger partial charge is 0.315 e. The maximum Gasteiger partial charge on any atom is 0.315 e. The normalized spacial score (nSPS) is 17.3. The van der Waals surface area contributed by atoms with Gasteiger partial charge in [-0.25, -0.2) is 4.79 Å². The first kappa shape index (κ1) is 13.6. The van der Waals surface area contributed by atoms with Crippen molar-refractivity contribution in [3.63, 3.8) is 0 Å². The van der Waals surface area contributed by atoms with Gasteiger partial charge in [-0.15, -0.1) is 6.58 Å². The molecule has 0 heterocycles. The van der Waals surface area contributed by atoms with Crippen LogP contribution in [-0.2, 0) is 5.60 Å². The van der Waals surface area contributed by atoms with Gasteiger partial charge in [0.2, 0.25) is 0 Å². The number of nitrogens with one attached hydrogen (secondary N) is 2. The number of carbonyl (C=O) groups is 1. The molecular formula is C15H20N2O2. The number of amides is 2. The lowest BCUT2D eigenvalue weighted by molar-refractivity contribution is 0.0160. The Labute approximate surface area is 113 Å². The Hall–Kier alpha value is -1.81. The van der Waals surface area contributed by atoms with Crippen molar-refractivity contribution in [2.75, 3.05) is 13.1 Å². The van der Waals surface area contributed by atoms with Gasteiger partial charge in [-0.05, 0) is 24.3 Å². The largest absolute Gasteiger partial charge is 0.383 e. The summed E-state index contributed by atoms with van der Waals surface area (Å²) in [5.41, 5.74) is -0.103. The summed E-state index contributed by atoms with van der Waals surface area (Å²) < 4.78 is 0. The van der Waals surface area contributed by atoms with Crippen LogP contribution in [0.2, 0.25) is 0 Å². The topological polar surface area (TPSA) is 61.4 Å². The molecule has 1 aromatic rings. The molecule has 1 aromatic carbocycles. The summed E-state index contributed by atoms with van der Waals surface area (Å²) in [4.78, 5) is 11.5. The van der Waals surface area contributed by atoms with Gasteiger partial charge in [0, 0.05) is 6.54 Å². The fourth-order valence-corrected chi connectivity index (χ4v) is 2.21. The van der Waals surface area contributed by atoms with E-state index in [1.165, 1.54) is 0 Å². The zero-order chi connectivity index (χ0) is 13.7. The number of urea groups is 1. The predicted octanol–water partition coefficient (Wildman–Crippen LogP) is 1.77. The first-order valence-electron chi connectivity index (χ1n) is 6.57. The van der Waals surface area contributed by atoms with E-state index in [0.717, 1.165) is 18.4 Å². The van der Waals surface area contributed by atoms with Gasteiger partial charge in [-0.2, -0.15) is 0 Å². The van der Waals surface area contributed by atoms with Crippen LogP contribution in [0.1, 0.15) is 18.4 Å². The third-order valence-electron chi connectivity index (χ3n) is 3.45. The molecule has 0 saturated heterocycles. The van der Waals surface area contributed by atoms with E-state index in [-0.39, 0.29) is 18.5 Å². The zero-order valence-electron chi connectivity index (χ0n) is 10.9. The highest BCUT2D eigenvalue weighted by Gasteiger charge is 2.45. The first-order chi connectivity index (χ1) is 9.16. The molecule has 102 valence electrons. The molecule has 1 aliphatic rings. The minimum Gasteiger partial charge on any atom is -0.383 e. The third-order valence-corrected chi connectivity index (χ3v) is 3.45. The van der Waals surface area contributed by atoms with E-state index in [1.54, 1.807) is 6.08 Å². The van der Waals surface area contributed by atoms with E-state index in [1.807, 2.05) is 30.3 Å². The fraction of sp³-hybridized carbons (Fsp3) is 0.400. The summed E-state index contributed by atoms with van der Waals surface area (Å²) in [6.07, 6.45) is 3.62. The van der Waals surface area contributed by atoms with E-state index in [2.05, 4.69) is 17.2 Å². The van der Waals surface area contributed by atoms with Crippen molar-refractivity contribution in [3.05, 3.63) is 48.6 Å². The molecule has 4 nitrogen and oxygen atoms in total. The molecule has 1 fully saturated rings. The van der Waals surface area contributed by atoms with E-state index < -0.39 is 5.60 Å². The molecule has 0 bridgehead atoms. The molecular weight excluding hydrogens is 240 g/mol. The van der Waals surface area contributed by atoms with Crippen molar-refractivity contribution in [1.29, 1.82) is 0 Å². The average Bonchev–Trinajstić information content (AvgIpc) is 3.28. The van der Waals surface area contributed by atoms with Crippen molar-refractivity contribution in [3.8, 4) is 0 Å². The van der Waals surface area contributed by atoms with E-state index in [4.69, 9.17) is 0 Å². The summed E-state index contributed by atoms with van der Waals surface area (Å²) in [7, 11) is 0. The number of hydrogen-bond acceptors (Lipinski definition) is 2. The number of rotatable bonds is 6. The molecule has 3 N–H and O–H groups in total. The molecule has 2 amide bonds. The molecule has 4 heteroatoms. The lowest BCUT2D eigenvalue weighted by Gasteiger charge is -2.29. The predicted molar refractivity (Wildman–Crippen MR) is 74.7 cm³/mol. The maximum absolute atomic E-state index is 11.5. The lowest BCUT2D eigenvalue weighted by Crippen LogP contribution is -2.46. The van der Waals surface area contributed by atoms with Crippen molar-refractivity contribution in [1.82, 2.24) is 10.6 Å². The van der Waals surface area contributed by atoms with Gasteiger partial charge in [0.05, 0.1) is 6.54 Å². The summed E-state index contributed by atoms with van der Waals surface area (Å²) in [5.74, 6) is 0.231. The number of aliphatic hydroxyl groups is 1. The van der Waals surface area contributed by atoms with E-state index in [0.29, 0.717) is 6.54 Å². The molecule has 1 aliphatic carbocycles. The second kappa shape index (κ2) is 5.89. The molecule has 2 rings (SSSR count). The Morgan fingerprint density at radius 3 is 2.63 bits per heavy atom. The molecule has 0 spiro atoms. The second-order valence-electron chi connectivity index (χ2n) is 4.92. The molecule has 1 saturated carbocycles. The Morgan fingerprint density at radius 2 is 2.05 bits per heavy atom. The maximum atomic E-state index is 11.5. The van der Waals surface area contributed by atoms with Gasteiger partial charge < -0.3 is 15.7 Å². The Bertz CT molecular complexity index is 443. The molecule has 0 aromatic heterocycles. The van der Waals surface area contributed by atoms with Crippen LogP contribution < -0.4 is 10.6 Å². The quantitative estimate of drug-likeness (QED) is 0.683. The lowest BCUT2D eigenvalue weighted by atomic mass is 9.89. The van der Waals surface area contributed by atoms with Crippen LogP contribution in [0.3, 0.4) is 0 Å². The Balaban J connectivity index is 2.00. The van der Waals surface area contributed by atoms with Gasteiger partial charge in [0.25, 0.3) is 0 Å². The molecule has 0 aliphatic heterocycles. The minimum atomic E-state index is -0.965. The van der Waals surface area contributed by atoms with Gasteiger partial charge in [-0.1, -0.05) is 36.4 Å². The van der Waals surface area contributed by atoms with E-state index in [9.17, 15) is 9.90 Å². The van der Waals surface area contributed by atoms with Gasteiger partial charge in [0.15, 0.2) is 0 Å². The molecule has 19 heavy (non-hydrogen) atoms. The van der Waals surface area contributed by atoms with Gasteiger partial charge in [-0.3, -0.25) is 0 Å². The standard InChI is InChI=1S/C15H20N2O2/c1-2-10-16-14(18)17-11-15(19,13-8-9-13)12-6-4-3-5-7-12/h2-7,13,19H,1,8-11H2,(H2,16,17,18). The van der Waals surface area contributed by atoms with Crippen molar-refractivity contribution in [2.45, 2.75) is 18.4 Å². The highest BCUT2D eigenvalue weighted by atomic mass is 16.3. The van der Waals surface area contributed by atoms with Crippen LogP contribution in [0.25, 0.3) is 0 Å². The summed E-state index contributed by atoms with van der Waals surface area (Å²) in [5, 5.41) is 16.2. The first-order valence-corrected chi connectivity index (χ1v) is 6.57. The summed E-state index contributed by atoms with van der Waals surface area (Å²) in [6, 6.07) is 9.25. The Morgan fingerprint density at radius 1 is 1.37 bits per heavy atom. The van der Waals surface area contributed by atoms with Crippen LogP contribution >= 0.6 is 0 Å². The zero-order valence-corrected chi connectivity index (χ0v) is 10.9.